The van der Waals surface area contributed by atoms with Crippen molar-refractivity contribution in [2.75, 3.05) is 20.3 Å². The molecule has 1 aromatic heterocycles. The molecule has 0 unspecified atom stereocenters. The summed E-state index contributed by atoms with van der Waals surface area (Å²) in [5.41, 5.74) is 2.03. The molecule has 0 bridgehead atoms. The van der Waals surface area contributed by atoms with Gasteiger partial charge in [0, 0.05) is 31.7 Å². The maximum Gasteiger partial charge on any atom is 0.222 e. The van der Waals surface area contributed by atoms with Crippen LogP contribution in [0.1, 0.15) is 11.3 Å². The summed E-state index contributed by atoms with van der Waals surface area (Å²) in [6.45, 7) is 4.17. The number of rotatable bonds is 7. The Hall–Kier alpha value is -1.37. The second-order valence-corrected chi connectivity index (χ2v) is 5.63. The minimum absolute atomic E-state index is 0.683. The number of methoxy groups -OCH3 is 1. The van der Waals surface area contributed by atoms with E-state index in [4.69, 9.17) is 9.47 Å². The monoisotopic (exact) mass is 353 g/mol. The number of halogens is 1. The summed E-state index contributed by atoms with van der Waals surface area (Å²) < 4.78 is 13.8. The highest BCUT2D eigenvalue weighted by Gasteiger charge is 2.15. The summed E-state index contributed by atoms with van der Waals surface area (Å²) in [5, 5.41) is 7.76. The van der Waals surface area contributed by atoms with Gasteiger partial charge in [0.25, 0.3) is 0 Å². The van der Waals surface area contributed by atoms with Crippen LogP contribution in [0.25, 0.3) is 0 Å². The van der Waals surface area contributed by atoms with Gasteiger partial charge in [-0.15, -0.1) is 0 Å². The summed E-state index contributed by atoms with van der Waals surface area (Å²) in [7, 11) is 3.58. The quantitative estimate of drug-likeness (QED) is 0.777. The van der Waals surface area contributed by atoms with E-state index in [1.54, 1.807) is 11.8 Å². The Balaban J connectivity index is 2.12. The lowest BCUT2D eigenvalue weighted by Gasteiger charge is -2.10. The van der Waals surface area contributed by atoms with Crippen molar-refractivity contribution in [3.63, 3.8) is 0 Å². The lowest BCUT2D eigenvalue weighted by Crippen LogP contribution is -2.19. The van der Waals surface area contributed by atoms with Gasteiger partial charge >= 0.3 is 0 Å². The number of hydrogen-bond donors (Lipinski definition) is 1. The molecular weight excluding hydrogens is 334 g/mol. The fraction of sp³-hybridized carbons (Fsp3) is 0.400. The molecule has 6 heteroatoms. The van der Waals surface area contributed by atoms with Crippen LogP contribution in [-0.4, -0.2) is 30.0 Å². The van der Waals surface area contributed by atoms with Gasteiger partial charge in [-0.05, 0) is 31.2 Å². The van der Waals surface area contributed by atoms with Crippen molar-refractivity contribution < 1.29 is 9.47 Å². The van der Waals surface area contributed by atoms with Gasteiger partial charge in [-0.25, -0.2) is 4.68 Å². The van der Waals surface area contributed by atoms with Crippen molar-refractivity contribution in [3.8, 4) is 11.6 Å². The Labute approximate surface area is 133 Å². The zero-order valence-electron chi connectivity index (χ0n) is 12.5. The van der Waals surface area contributed by atoms with E-state index in [1.807, 2.05) is 38.2 Å². The largest absolute Gasteiger partial charge is 0.439 e. The van der Waals surface area contributed by atoms with Gasteiger partial charge in [0.2, 0.25) is 5.88 Å². The molecule has 1 N–H and O–H groups in total. The van der Waals surface area contributed by atoms with Crippen LogP contribution in [0.15, 0.2) is 28.7 Å². The average Bonchev–Trinajstić information content (AvgIpc) is 2.72. The summed E-state index contributed by atoms with van der Waals surface area (Å²) in [6.07, 6.45) is 0. The molecular formula is C15H20BrN3O2. The average molecular weight is 354 g/mol. The van der Waals surface area contributed by atoms with E-state index in [0.717, 1.165) is 33.9 Å². The summed E-state index contributed by atoms with van der Waals surface area (Å²) in [5.74, 6) is 1.55. The zero-order chi connectivity index (χ0) is 15.2. The number of ether oxygens (including phenoxy) is 2. The molecule has 5 nitrogen and oxygen atoms in total. The second-order valence-electron chi connectivity index (χ2n) is 4.72. The van der Waals surface area contributed by atoms with E-state index in [1.165, 1.54) is 0 Å². The minimum Gasteiger partial charge on any atom is -0.439 e. The van der Waals surface area contributed by atoms with E-state index < -0.39 is 0 Å². The first kappa shape index (κ1) is 16.0. The molecule has 0 atom stereocenters. The first-order valence-electron chi connectivity index (χ1n) is 6.77. The molecule has 0 aliphatic carbocycles. The molecule has 0 saturated heterocycles. The number of aryl methyl sites for hydroxylation is 2. The second kappa shape index (κ2) is 7.59. The zero-order valence-corrected chi connectivity index (χ0v) is 14.1. The van der Waals surface area contributed by atoms with Crippen LogP contribution in [0.3, 0.4) is 0 Å². The van der Waals surface area contributed by atoms with Crippen molar-refractivity contribution in [1.82, 2.24) is 15.1 Å². The van der Waals surface area contributed by atoms with E-state index in [9.17, 15) is 0 Å². The summed E-state index contributed by atoms with van der Waals surface area (Å²) >= 11 is 3.42. The highest BCUT2D eigenvalue weighted by Crippen LogP contribution is 2.28. The SMILES string of the molecule is COCCNCc1c(C)nn(C)c1Oc1ccc(Br)cc1. The summed E-state index contributed by atoms with van der Waals surface area (Å²) in [6, 6.07) is 7.76. The molecule has 114 valence electrons. The van der Waals surface area contributed by atoms with Gasteiger partial charge in [0.1, 0.15) is 5.75 Å². The lowest BCUT2D eigenvalue weighted by molar-refractivity contribution is 0.199. The molecule has 0 fully saturated rings. The van der Waals surface area contributed by atoms with Crippen molar-refractivity contribution >= 4 is 15.9 Å². The minimum atomic E-state index is 0.683. The lowest BCUT2D eigenvalue weighted by atomic mass is 10.2. The van der Waals surface area contributed by atoms with Crippen LogP contribution in [0.4, 0.5) is 0 Å². The van der Waals surface area contributed by atoms with Crippen molar-refractivity contribution in [3.05, 3.63) is 40.0 Å². The number of nitrogens with zero attached hydrogens (tertiary/aromatic N) is 2. The maximum absolute atomic E-state index is 5.98. The number of hydrogen-bond acceptors (Lipinski definition) is 4. The number of nitrogens with one attached hydrogen (secondary N) is 1. The van der Waals surface area contributed by atoms with E-state index >= 15 is 0 Å². The van der Waals surface area contributed by atoms with Crippen LogP contribution in [0, 0.1) is 6.92 Å². The van der Waals surface area contributed by atoms with Crippen LogP contribution >= 0.6 is 15.9 Å². The molecule has 0 radical (unpaired) electrons. The van der Waals surface area contributed by atoms with E-state index in [2.05, 4.69) is 26.3 Å². The molecule has 0 spiro atoms. The van der Waals surface area contributed by atoms with Gasteiger partial charge in [-0.3, -0.25) is 0 Å². The third kappa shape index (κ3) is 4.30. The third-order valence-corrected chi connectivity index (χ3v) is 3.63. The van der Waals surface area contributed by atoms with Crippen LogP contribution in [0.5, 0.6) is 11.6 Å². The van der Waals surface area contributed by atoms with E-state index in [-0.39, 0.29) is 0 Å². The van der Waals surface area contributed by atoms with Gasteiger partial charge in [-0.1, -0.05) is 15.9 Å². The molecule has 2 rings (SSSR count). The van der Waals surface area contributed by atoms with Gasteiger partial charge in [0.05, 0.1) is 17.9 Å². The fourth-order valence-electron chi connectivity index (χ4n) is 2.01. The molecule has 0 aliphatic rings. The number of aromatic nitrogens is 2. The molecule has 0 aliphatic heterocycles. The predicted molar refractivity (Wildman–Crippen MR) is 85.7 cm³/mol. The van der Waals surface area contributed by atoms with Gasteiger partial charge in [-0.2, -0.15) is 5.10 Å². The standard InChI is InChI=1S/C15H20BrN3O2/c1-11-14(10-17-8-9-20-3)15(19(2)18-11)21-13-6-4-12(16)5-7-13/h4-7,17H,8-10H2,1-3H3. The highest BCUT2D eigenvalue weighted by molar-refractivity contribution is 9.10. The third-order valence-electron chi connectivity index (χ3n) is 3.10. The van der Waals surface area contributed by atoms with Crippen LogP contribution in [0.2, 0.25) is 0 Å². The van der Waals surface area contributed by atoms with Crippen molar-refractivity contribution in [2.45, 2.75) is 13.5 Å². The van der Waals surface area contributed by atoms with Crippen molar-refractivity contribution in [1.29, 1.82) is 0 Å². The fourth-order valence-corrected chi connectivity index (χ4v) is 2.28. The molecule has 0 saturated carbocycles. The highest BCUT2D eigenvalue weighted by atomic mass is 79.9. The van der Waals surface area contributed by atoms with Gasteiger partial charge < -0.3 is 14.8 Å². The molecule has 0 amide bonds. The van der Waals surface area contributed by atoms with Crippen LogP contribution < -0.4 is 10.1 Å². The molecule has 1 heterocycles. The Morgan fingerprint density at radius 2 is 2.00 bits per heavy atom. The normalized spacial score (nSPS) is 10.9. The van der Waals surface area contributed by atoms with Crippen molar-refractivity contribution in [2.24, 2.45) is 7.05 Å². The maximum atomic E-state index is 5.98. The predicted octanol–water partition coefficient (Wildman–Crippen LogP) is 3.02. The first-order valence-corrected chi connectivity index (χ1v) is 7.56. The Morgan fingerprint density at radius 3 is 2.67 bits per heavy atom. The summed E-state index contributed by atoms with van der Waals surface area (Å²) in [4.78, 5) is 0. The number of benzene rings is 1. The first-order chi connectivity index (χ1) is 10.1. The molecule has 2 aromatic rings. The molecule has 21 heavy (non-hydrogen) atoms. The Kier molecular flexibility index (Phi) is 5.78. The smallest absolute Gasteiger partial charge is 0.222 e. The van der Waals surface area contributed by atoms with E-state index in [0.29, 0.717) is 13.2 Å². The Morgan fingerprint density at radius 1 is 1.29 bits per heavy atom. The Bertz CT molecular complexity index is 581. The van der Waals surface area contributed by atoms with Gasteiger partial charge in [0.15, 0.2) is 0 Å². The topological polar surface area (TPSA) is 48.3 Å². The molecule has 1 aromatic carbocycles. The van der Waals surface area contributed by atoms with Crippen LogP contribution in [-0.2, 0) is 18.3 Å².